The Bertz CT molecular complexity index is 670. The van der Waals surface area contributed by atoms with Crippen LogP contribution in [0.5, 0.6) is 0 Å². The van der Waals surface area contributed by atoms with Crippen LogP contribution in [0, 0.1) is 0 Å². The Labute approximate surface area is 234 Å². The van der Waals surface area contributed by atoms with Crippen LogP contribution >= 0.6 is 63.7 Å². The number of piperidine rings is 1. The van der Waals surface area contributed by atoms with Crippen LogP contribution in [0.1, 0.15) is 83.1 Å². The summed E-state index contributed by atoms with van der Waals surface area (Å²) in [6.45, 7) is 4.24. The molecule has 0 spiro atoms. The van der Waals surface area contributed by atoms with Crippen molar-refractivity contribution in [2.24, 2.45) is 0 Å². The monoisotopic (exact) mass is 714 g/mol. The van der Waals surface area contributed by atoms with Crippen molar-refractivity contribution in [3.8, 4) is 0 Å². The summed E-state index contributed by atoms with van der Waals surface area (Å²) in [5.41, 5.74) is 0.713. The molecule has 1 aromatic carbocycles. The molecule has 33 heavy (non-hydrogen) atoms. The van der Waals surface area contributed by atoms with Crippen LogP contribution in [-0.4, -0.2) is 38.4 Å². The summed E-state index contributed by atoms with van der Waals surface area (Å²) in [6, 6.07) is 10.3. The van der Waals surface area contributed by atoms with E-state index in [0.717, 1.165) is 63.6 Å². The van der Waals surface area contributed by atoms with E-state index in [1.807, 2.05) is 18.2 Å². The van der Waals surface area contributed by atoms with Gasteiger partial charge in [-0.2, -0.15) is 0 Å². The number of unbranched alkanes of at least 4 members (excludes halogenated alkanes) is 3. The molecule has 0 aliphatic carbocycles. The second kappa shape index (κ2) is 16.3. The lowest BCUT2D eigenvalue weighted by atomic mass is 9.84. The molecule has 0 saturated carbocycles. The van der Waals surface area contributed by atoms with Crippen LogP contribution in [0.25, 0.3) is 0 Å². The quantitative estimate of drug-likeness (QED) is 0.117. The minimum absolute atomic E-state index is 0.0422. The number of benzene rings is 1. The van der Waals surface area contributed by atoms with Crippen LogP contribution in [0.2, 0.25) is 0 Å². The van der Waals surface area contributed by atoms with Gasteiger partial charge in [0, 0.05) is 38.6 Å². The summed E-state index contributed by atoms with van der Waals surface area (Å²) < 4.78 is 6.13. The molecule has 7 heteroatoms. The molecule has 1 heterocycles. The molecule has 1 saturated heterocycles. The largest absolute Gasteiger partial charge is 0.454 e. The van der Waals surface area contributed by atoms with E-state index in [2.05, 4.69) is 88.1 Å². The van der Waals surface area contributed by atoms with Crippen molar-refractivity contribution in [3.63, 3.8) is 0 Å². The molecule has 0 aromatic heterocycles. The fourth-order valence-corrected chi connectivity index (χ4v) is 7.56. The van der Waals surface area contributed by atoms with Crippen molar-refractivity contribution in [3.05, 3.63) is 35.9 Å². The van der Waals surface area contributed by atoms with Crippen molar-refractivity contribution in [2.45, 2.75) is 102 Å². The Morgan fingerprint density at radius 1 is 0.909 bits per heavy atom. The Morgan fingerprint density at radius 3 is 2.15 bits per heavy atom. The Hall–Kier alpha value is 0.570. The highest BCUT2D eigenvalue weighted by atomic mass is 79.9. The third-order valence-corrected chi connectivity index (χ3v) is 12.2. The van der Waals surface area contributed by atoms with Gasteiger partial charge in [-0.05, 0) is 31.2 Å². The van der Waals surface area contributed by atoms with Gasteiger partial charge in [0.1, 0.15) is 5.60 Å². The smallest absolute Gasteiger partial charge is 0.306 e. The minimum atomic E-state index is -0.431. The van der Waals surface area contributed by atoms with Gasteiger partial charge in [-0.3, -0.25) is 4.79 Å². The summed E-state index contributed by atoms with van der Waals surface area (Å²) >= 11 is 15.4. The van der Waals surface area contributed by atoms with Crippen LogP contribution in [0.4, 0.5) is 0 Å². The van der Waals surface area contributed by atoms with E-state index >= 15 is 0 Å². The maximum absolute atomic E-state index is 12.7. The normalized spacial score (nSPS) is 19.4. The van der Waals surface area contributed by atoms with Gasteiger partial charge in [0.05, 0.1) is 13.1 Å². The van der Waals surface area contributed by atoms with E-state index in [0.29, 0.717) is 25.7 Å². The number of hydrogen-bond donors (Lipinski definition) is 1. The minimum Gasteiger partial charge on any atom is -0.454 e. The molecular formula is C26H40Br4NO2+. The second-order valence-corrected chi connectivity index (χ2v) is 13.9. The molecule has 4 unspecified atom stereocenters. The number of nitrogens with two attached hydrogens (primary N) is 1. The van der Waals surface area contributed by atoms with E-state index in [1.165, 1.54) is 19.3 Å². The average molecular weight is 718 g/mol. The van der Waals surface area contributed by atoms with Crippen LogP contribution in [0.15, 0.2) is 30.3 Å². The van der Waals surface area contributed by atoms with Gasteiger partial charge in [0.15, 0.2) is 0 Å². The van der Waals surface area contributed by atoms with Gasteiger partial charge in [-0.25, -0.2) is 0 Å². The predicted octanol–water partition coefficient (Wildman–Crippen LogP) is 7.37. The summed E-state index contributed by atoms with van der Waals surface area (Å²) in [6.07, 6.45) is 11.3. The highest BCUT2D eigenvalue weighted by Crippen LogP contribution is 2.34. The predicted molar refractivity (Wildman–Crippen MR) is 153 cm³/mol. The number of carbonyl (C=O) groups excluding carboxylic acids is 1. The number of carbonyl (C=O) groups is 1. The molecule has 1 aliphatic rings. The standard InChI is InChI=1S/C26H39Br4NO2/c1-2-10-21(27)23(29)19-24(30)22(28)13-8-3-4-9-14-25(32)33-26(15-17-31-18-16-26)20-11-6-5-7-12-20/h5-7,11-12,21-24,31H,2-4,8-10,13-19H2,1H3/p+1. The zero-order valence-electron chi connectivity index (χ0n) is 19.8. The van der Waals surface area contributed by atoms with Crippen molar-refractivity contribution in [1.82, 2.24) is 0 Å². The number of hydrogen-bond acceptors (Lipinski definition) is 2. The van der Waals surface area contributed by atoms with E-state index < -0.39 is 5.60 Å². The SMILES string of the molecule is CCCC(Br)C(Br)CC(Br)C(Br)CCCCCCC(=O)OC1(c2ccccc2)CC[NH2+]CC1. The third-order valence-electron chi connectivity index (χ3n) is 6.52. The second-order valence-electron chi connectivity index (χ2n) is 9.24. The lowest BCUT2D eigenvalue weighted by Gasteiger charge is -2.36. The number of rotatable bonds is 15. The number of ether oxygens (including phenoxy) is 1. The van der Waals surface area contributed by atoms with Gasteiger partial charge in [-0.1, -0.05) is 127 Å². The zero-order valence-corrected chi connectivity index (χ0v) is 26.1. The number of halogens is 4. The molecule has 4 atom stereocenters. The van der Waals surface area contributed by atoms with Gasteiger partial charge < -0.3 is 10.1 Å². The third kappa shape index (κ3) is 10.6. The number of esters is 1. The van der Waals surface area contributed by atoms with E-state index in [1.54, 1.807) is 0 Å². The number of alkyl halides is 4. The van der Waals surface area contributed by atoms with Crippen molar-refractivity contribution >= 4 is 69.7 Å². The maximum Gasteiger partial charge on any atom is 0.306 e. The summed E-state index contributed by atoms with van der Waals surface area (Å²) in [5, 5.41) is 2.31. The molecule has 1 aliphatic heterocycles. The van der Waals surface area contributed by atoms with E-state index in [9.17, 15) is 4.79 Å². The highest BCUT2D eigenvalue weighted by molar-refractivity contribution is 9.13. The van der Waals surface area contributed by atoms with Crippen molar-refractivity contribution < 1.29 is 14.8 Å². The first-order valence-electron chi connectivity index (χ1n) is 12.5. The van der Waals surface area contributed by atoms with E-state index in [4.69, 9.17) is 4.74 Å². The van der Waals surface area contributed by atoms with E-state index in [-0.39, 0.29) is 5.97 Å². The molecule has 1 fully saturated rings. The topological polar surface area (TPSA) is 42.9 Å². The summed E-state index contributed by atoms with van der Waals surface area (Å²) in [5.74, 6) is -0.0422. The molecule has 0 radical (unpaired) electrons. The van der Waals surface area contributed by atoms with Gasteiger partial charge in [-0.15, -0.1) is 0 Å². The Morgan fingerprint density at radius 2 is 1.52 bits per heavy atom. The van der Waals surface area contributed by atoms with Crippen LogP contribution in [-0.2, 0) is 15.1 Å². The first-order chi connectivity index (χ1) is 15.9. The lowest BCUT2D eigenvalue weighted by molar-refractivity contribution is -0.668. The molecule has 0 amide bonds. The summed E-state index contributed by atoms with van der Waals surface area (Å²) in [7, 11) is 0. The Kier molecular flexibility index (Phi) is 14.8. The van der Waals surface area contributed by atoms with Crippen molar-refractivity contribution in [2.75, 3.05) is 13.1 Å². The molecule has 2 rings (SSSR count). The molecule has 0 bridgehead atoms. The molecular weight excluding hydrogens is 678 g/mol. The zero-order chi connectivity index (χ0) is 24.1. The highest BCUT2D eigenvalue weighted by Gasteiger charge is 2.39. The fraction of sp³-hybridized carbons (Fsp3) is 0.731. The first kappa shape index (κ1) is 29.8. The van der Waals surface area contributed by atoms with Gasteiger partial charge in [0.2, 0.25) is 0 Å². The van der Waals surface area contributed by atoms with Gasteiger partial charge in [0.25, 0.3) is 0 Å². The molecule has 3 nitrogen and oxygen atoms in total. The average Bonchev–Trinajstić information content (AvgIpc) is 2.82. The first-order valence-corrected chi connectivity index (χ1v) is 16.2. The fourth-order valence-electron chi connectivity index (χ4n) is 4.51. The maximum atomic E-state index is 12.7. The molecule has 188 valence electrons. The lowest BCUT2D eigenvalue weighted by Crippen LogP contribution is -2.87. The molecule has 2 N–H and O–H groups in total. The van der Waals surface area contributed by atoms with Crippen LogP contribution < -0.4 is 5.32 Å². The van der Waals surface area contributed by atoms with Crippen molar-refractivity contribution in [1.29, 1.82) is 0 Å². The van der Waals surface area contributed by atoms with Gasteiger partial charge >= 0.3 is 5.97 Å². The number of quaternary nitrogens is 1. The van der Waals surface area contributed by atoms with Crippen LogP contribution in [0.3, 0.4) is 0 Å². The molecule has 1 aromatic rings. The summed E-state index contributed by atoms with van der Waals surface area (Å²) in [4.78, 5) is 14.6. The Balaban J connectivity index is 1.64.